The van der Waals surface area contributed by atoms with Crippen LogP contribution in [0.4, 0.5) is 0 Å². The van der Waals surface area contributed by atoms with Crippen LogP contribution in [0.25, 0.3) is 0 Å². The molecule has 2 heteroatoms. The molecule has 0 amide bonds. The number of rotatable bonds is 5. The Kier molecular flexibility index (Phi) is 5.43. The normalized spacial score (nSPS) is 14.4. The fourth-order valence-electron chi connectivity index (χ4n) is 0.961. The topological polar surface area (TPSA) is 37.3 Å². The molecule has 0 fully saturated rings. The van der Waals surface area contributed by atoms with Crippen LogP contribution in [0.2, 0.25) is 0 Å². The summed E-state index contributed by atoms with van der Waals surface area (Å²) < 4.78 is 0. The van der Waals surface area contributed by atoms with Gasteiger partial charge in [-0.05, 0) is 25.7 Å². The van der Waals surface area contributed by atoms with Crippen LogP contribution >= 0.6 is 0 Å². The number of hydrogen-bond acceptors (Lipinski definition) is 1. The van der Waals surface area contributed by atoms with E-state index in [9.17, 15) is 4.79 Å². The zero-order valence-electron chi connectivity index (χ0n) is 8.13. The summed E-state index contributed by atoms with van der Waals surface area (Å²) >= 11 is 0. The summed E-state index contributed by atoms with van der Waals surface area (Å²) in [4.78, 5) is 10.2. The van der Waals surface area contributed by atoms with E-state index >= 15 is 0 Å². The Balaban J connectivity index is 3.70. The molecule has 0 rings (SSSR count). The Morgan fingerprint density at radius 3 is 2.58 bits per heavy atom. The molecule has 12 heavy (non-hydrogen) atoms. The molecule has 0 aliphatic heterocycles. The molecule has 0 bridgehead atoms. The summed E-state index contributed by atoms with van der Waals surface area (Å²) in [7, 11) is 0. The van der Waals surface area contributed by atoms with Crippen LogP contribution in [0.5, 0.6) is 0 Å². The van der Waals surface area contributed by atoms with Crippen molar-refractivity contribution in [2.75, 3.05) is 0 Å². The van der Waals surface area contributed by atoms with Gasteiger partial charge in [-0.3, -0.25) is 0 Å². The highest BCUT2D eigenvalue weighted by molar-refractivity contribution is 5.80. The second-order valence-corrected chi connectivity index (χ2v) is 3.38. The van der Waals surface area contributed by atoms with Gasteiger partial charge < -0.3 is 5.11 Å². The van der Waals surface area contributed by atoms with Gasteiger partial charge in [0.2, 0.25) is 0 Å². The second-order valence-electron chi connectivity index (χ2n) is 3.38. The Hall–Kier alpha value is -0.790. The van der Waals surface area contributed by atoms with Gasteiger partial charge in [0.05, 0.1) is 0 Å². The van der Waals surface area contributed by atoms with Crippen LogP contribution < -0.4 is 0 Å². The van der Waals surface area contributed by atoms with Gasteiger partial charge in [0.25, 0.3) is 0 Å². The first-order valence-electron chi connectivity index (χ1n) is 4.46. The van der Waals surface area contributed by atoms with Crippen LogP contribution in [0.3, 0.4) is 0 Å². The summed E-state index contributed by atoms with van der Waals surface area (Å²) in [5.41, 5.74) is 0.961. The van der Waals surface area contributed by atoms with Gasteiger partial charge in [0.1, 0.15) is 0 Å². The Morgan fingerprint density at radius 2 is 2.17 bits per heavy atom. The van der Waals surface area contributed by atoms with Crippen molar-refractivity contribution >= 4 is 5.97 Å². The number of hydrogen-bond donors (Lipinski definition) is 1. The van der Waals surface area contributed by atoms with E-state index in [0.717, 1.165) is 18.4 Å². The van der Waals surface area contributed by atoms with Gasteiger partial charge in [-0.15, -0.1) is 0 Å². The summed E-state index contributed by atoms with van der Waals surface area (Å²) in [6.45, 7) is 6.21. The summed E-state index contributed by atoms with van der Waals surface area (Å²) in [6.07, 6.45) is 4.45. The monoisotopic (exact) mass is 170 g/mol. The minimum atomic E-state index is -0.836. The maximum atomic E-state index is 10.2. The highest BCUT2D eigenvalue weighted by Gasteiger charge is 2.00. The quantitative estimate of drug-likeness (QED) is 0.644. The molecule has 1 unspecified atom stereocenters. The summed E-state index contributed by atoms with van der Waals surface area (Å²) in [5, 5.41) is 8.43. The number of carboxylic acids is 1. The third kappa shape index (κ3) is 5.96. The van der Waals surface area contributed by atoms with E-state index in [1.807, 2.05) is 6.92 Å². The zero-order valence-corrected chi connectivity index (χ0v) is 8.13. The number of allylic oxidation sites excluding steroid dienone is 1. The zero-order chi connectivity index (χ0) is 9.56. The molecule has 0 aromatic heterocycles. The number of carboxylic acid groups (broad SMARTS) is 1. The molecule has 0 heterocycles. The van der Waals surface area contributed by atoms with Crippen LogP contribution in [0.15, 0.2) is 11.6 Å². The molecule has 0 aromatic rings. The molecule has 1 atom stereocenters. The van der Waals surface area contributed by atoms with Crippen molar-refractivity contribution in [3.8, 4) is 0 Å². The van der Waals surface area contributed by atoms with Crippen molar-refractivity contribution in [2.24, 2.45) is 5.92 Å². The first-order valence-corrected chi connectivity index (χ1v) is 4.46. The van der Waals surface area contributed by atoms with Gasteiger partial charge in [0, 0.05) is 6.08 Å². The fourth-order valence-corrected chi connectivity index (χ4v) is 0.961. The molecule has 1 N–H and O–H groups in total. The lowest BCUT2D eigenvalue weighted by molar-refractivity contribution is -0.131. The lowest BCUT2D eigenvalue weighted by atomic mass is 10.00. The Bertz CT molecular complexity index is 171. The maximum Gasteiger partial charge on any atom is 0.328 e. The van der Waals surface area contributed by atoms with Crippen LogP contribution in [-0.4, -0.2) is 11.1 Å². The van der Waals surface area contributed by atoms with Crippen molar-refractivity contribution in [3.05, 3.63) is 11.6 Å². The van der Waals surface area contributed by atoms with E-state index < -0.39 is 5.97 Å². The van der Waals surface area contributed by atoms with Crippen LogP contribution in [0.1, 0.15) is 40.0 Å². The minimum Gasteiger partial charge on any atom is -0.478 e. The lowest BCUT2D eigenvalue weighted by Crippen LogP contribution is -1.94. The van der Waals surface area contributed by atoms with Crippen LogP contribution in [0, 0.1) is 5.92 Å². The van der Waals surface area contributed by atoms with Gasteiger partial charge in [-0.1, -0.05) is 25.8 Å². The van der Waals surface area contributed by atoms with Gasteiger partial charge in [0.15, 0.2) is 0 Å². The third-order valence-corrected chi connectivity index (χ3v) is 2.10. The predicted molar refractivity (Wildman–Crippen MR) is 50.1 cm³/mol. The molecule has 70 valence electrons. The fraction of sp³-hybridized carbons (Fsp3) is 0.700. The molecule has 0 radical (unpaired) electrons. The van der Waals surface area contributed by atoms with E-state index in [0.29, 0.717) is 5.92 Å². The lowest BCUT2D eigenvalue weighted by Gasteiger charge is -2.06. The summed E-state index contributed by atoms with van der Waals surface area (Å²) in [6, 6.07) is 0. The van der Waals surface area contributed by atoms with Crippen molar-refractivity contribution in [3.63, 3.8) is 0 Å². The molecular formula is C10H18O2. The average Bonchev–Trinajstić information content (AvgIpc) is 1.99. The van der Waals surface area contributed by atoms with Crippen LogP contribution in [-0.2, 0) is 4.79 Å². The SMILES string of the molecule is CCC(C)CC/C(C)=C/C(=O)O. The summed E-state index contributed by atoms with van der Waals surface area (Å²) in [5.74, 6) is -0.140. The Labute approximate surface area is 74.3 Å². The van der Waals surface area contributed by atoms with E-state index in [4.69, 9.17) is 5.11 Å². The third-order valence-electron chi connectivity index (χ3n) is 2.10. The number of carbonyl (C=O) groups is 1. The van der Waals surface area contributed by atoms with Crippen molar-refractivity contribution in [1.29, 1.82) is 0 Å². The first-order chi connectivity index (χ1) is 5.56. The minimum absolute atomic E-state index is 0.696. The molecular weight excluding hydrogens is 152 g/mol. The highest BCUT2D eigenvalue weighted by Crippen LogP contribution is 2.13. The van der Waals surface area contributed by atoms with E-state index in [1.54, 1.807) is 0 Å². The largest absolute Gasteiger partial charge is 0.478 e. The molecule has 0 saturated carbocycles. The molecule has 2 nitrogen and oxygen atoms in total. The van der Waals surface area contributed by atoms with Crippen molar-refractivity contribution < 1.29 is 9.90 Å². The van der Waals surface area contributed by atoms with E-state index in [2.05, 4.69) is 13.8 Å². The second kappa shape index (κ2) is 5.81. The van der Waals surface area contributed by atoms with E-state index in [-0.39, 0.29) is 0 Å². The highest BCUT2D eigenvalue weighted by atomic mass is 16.4. The predicted octanol–water partition coefficient (Wildman–Crippen LogP) is 2.84. The van der Waals surface area contributed by atoms with Gasteiger partial charge >= 0.3 is 5.97 Å². The standard InChI is InChI=1S/C10H18O2/c1-4-8(2)5-6-9(3)7-10(11)12/h7-8H,4-6H2,1-3H3,(H,11,12)/b9-7+. The number of aliphatic carboxylic acids is 1. The molecule has 0 aliphatic rings. The van der Waals surface area contributed by atoms with Crippen molar-refractivity contribution in [1.82, 2.24) is 0 Å². The van der Waals surface area contributed by atoms with E-state index in [1.165, 1.54) is 12.5 Å². The smallest absolute Gasteiger partial charge is 0.328 e. The molecule has 0 saturated heterocycles. The average molecular weight is 170 g/mol. The van der Waals surface area contributed by atoms with Gasteiger partial charge in [-0.2, -0.15) is 0 Å². The van der Waals surface area contributed by atoms with Gasteiger partial charge in [-0.25, -0.2) is 4.79 Å². The maximum absolute atomic E-state index is 10.2. The molecule has 0 aromatic carbocycles. The Morgan fingerprint density at radius 1 is 1.58 bits per heavy atom. The van der Waals surface area contributed by atoms with Crippen molar-refractivity contribution in [2.45, 2.75) is 40.0 Å². The molecule has 0 spiro atoms. The first kappa shape index (κ1) is 11.2. The molecule has 0 aliphatic carbocycles.